The summed E-state index contributed by atoms with van der Waals surface area (Å²) in [6.45, 7) is 9.71. The van der Waals surface area contributed by atoms with Crippen LogP contribution in [-0.2, 0) is 6.54 Å². The van der Waals surface area contributed by atoms with E-state index >= 15 is 0 Å². The molecule has 2 aromatic rings. The van der Waals surface area contributed by atoms with E-state index in [9.17, 15) is 0 Å². The van der Waals surface area contributed by atoms with Gasteiger partial charge in [0.25, 0.3) is 0 Å². The molecule has 0 saturated carbocycles. The van der Waals surface area contributed by atoms with Crippen molar-refractivity contribution >= 4 is 11.3 Å². The summed E-state index contributed by atoms with van der Waals surface area (Å²) in [5.41, 5.74) is 5.54. The van der Waals surface area contributed by atoms with Crippen molar-refractivity contribution in [2.75, 3.05) is 0 Å². The Balaban J connectivity index is 2.04. The SMILES string of the molecule is Cc1cc(C)c(CN[C@H](C)c2cccs2)cc1C. The summed E-state index contributed by atoms with van der Waals surface area (Å²) in [5, 5.41) is 5.73. The summed E-state index contributed by atoms with van der Waals surface area (Å²) in [7, 11) is 0. The lowest BCUT2D eigenvalue weighted by atomic mass is 10.0. The van der Waals surface area contributed by atoms with Crippen LogP contribution in [-0.4, -0.2) is 0 Å². The van der Waals surface area contributed by atoms with Crippen LogP contribution >= 0.6 is 11.3 Å². The van der Waals surface area contributed by atoms with Gasteiger partial charge in [0.2, 0.25) is 0 Å². The number of benzene rings is 1. The Bertz CT molecular complexity index is 514. The van der Waals surface area contributed by atoms with Crippen LogP contribution in [0, 0.1) is 20.8 Å². The highest BCUT2D eigenvalue weighted by Crippen LogP contribution is 2.20. The summed E-state index contributed by atoms with van der Waals surface area (Å²) in [4.78, 5) is 1.40. The van der Waals surface area contributed by atoms with Crippen molar-refractivity contribution in [1.82, 2.24) is 5.32 Å². The Hall–Kier alpha value is -1.12. The second kappa shape index (κ2) is 5.68. The largest absolute Gasteiger partial charge is 0.305 e. The molecule has 0 aliphatic carbocycles. The van der Waals surface area contributed by atoms with Crippen molar-refractivity contribution in [2.24, 2.45) is 0 Å². The molecule has 96 valence electrons. The monoisotopic (exact) mass is 259 g/mol. The lowest BCUT2D eigenvalue weighted by Gasteiger charge is -2.15. The fourth-order valence-electron chi connectivity index (χ4n) is 2.11. The summed E-state index contributed by atoms with van der Waals surface area (Å²) < 4.78 is 0. The van der Waals surface area contributed by atoms with Gasteiger partial charge in [-0.05, 0) is 61.4 Å². The Morgan fingerprint density at radius 2 is 1.83 bits per heavy atom. The van der Waals surface area contributed by atoms with Crippen molar-refractivity contribution in [3.63, 3.8) is 0 Å². The van der Waals surface area contributed by atoms with E-state index in [0.717, 1.165) is 6.54 Å². The lowest BCUT2D eigenvalue weighted by Crippen LogP contribution is -2.17. The van der Waals surface area contributed by atoms with E-state index in [1.54, 1.807) is 0 Å². The molecule has 1 aromatic heterocycles. The molecule has 2 heteroatoms. The van der Waals surface area contributed by atoms with Gasteiger partial charge in [-0.2, -0.15) is 0 Å². The van der Waals surface area contributed by atoms with Gasteiger partial charge in [0, 0.05) is 17.5 Å². The van der Waals surface area contributed by atoms with Crippen molar-refractivity contribution in [3.05, 3.63) is 56.8 Å². The molecule has 0 unspecified atom stereocenters. The smallest absolute Gasteiger partial charge is 0.0388 e. The number of hydrogen-bond acceptors (Lipinski definition) is 2. The van der Waals surface area contributed by atoms with E-state index in [1.165, 1.54) is 27.1 Å². The number of hydrogen-bond donors (Lipinski definition) is 1. The molecule has 0 fully saturated rings. The molecule has 1 atom stereocenters. The summed E-state index contributed by atoms with van der Waals surface area (Å²) >= 11 is 1.81. The van der Waals surface area contributed by atoms with Gasteiger partial charge >= 0.3 is 0 Å². The molecular formula is C16H21NS. The second-order valence-corrected chi connectivity index (χ2v) is 5.96. The highest BCUT2D eigenvalue weighted by molar-refractivity contribution is 7.10. The molecule has 1 nitrogen and oxygen atoms in total. The molecule has 0 spiro atoms. The van der Waals surface area contributed by atoms with E-state index in [1.807, 2.05) is 11.3 Å². The van der Waals surface area contributed by atoms with Crippen LogP contribution in [0.3, 0.4) is 0 Å². The van der Waals surface area contributed by atoms with Gasteiger partial charge in [0.15, 0.2) is 0 Å². The molecule has 0 aliphatic rings. The van der Waals surface area contributed by atoms with Crippen molar-refractivity contribution in [2.45, 2.75) is 40.3 Å². The molecule has 0 amide bonds. The Kier molecular flexibility index (Phi) is 4.20. The van der Waals surface area contributed by atoms with Crippen LogP contribution < -0.4 is 5.32 Å². The van der Waals surface area contributed by atoms with Crippen molar-refractivity contribution in [1.29, 1.82) is 0 Å². The fraction of sp³-hybridized carbons (Fsp3) is 0.375. The van der Waals surface area contributed by atoms with E-state index in [-0.39, 0.29) is 0 Å². The molecule has 1 heterocycles. The quantitative estimate of drug-likeness (QED) is 0.851. The zero-order valence-electron chi connectivity index (χ0n) is 11.6. The minimum atomic E-state index is 0.422. The van der Waals surface area contributed by atoms with E-state index in [0.29, 0.717) is 6.04 Å². The summed E-state index contributed by atoms with van der Waals surface area (Å²) in [6, 6.07) is 9.31. The van der Waals surface area contributed by atoms with Crippen LogP contribution in [0.5, 0.6) is 0 Å². The predicted molar refractivity (Wildman–Crippen MR) is 80.2 cm³/mol. The first-order valence-electron chi connectivity index (χ1n) is 6.41. The Labute approximate surface area is 114 Å². The van der Waals surface area contributed by atoms with Crippen molar-refractivity contribution < 1.29 is 0 Å². The third-order valence-electron chi connectivity index (χ3n) is 3.52. The van der Waals surface area contributed by atoms with Gasteiger partial charge in [-0.3, -0.25) is 0 Å². The highest BCUT2D eigenvalue weighted by atomic mass is 32.1. The number of rotatable bonds is 4. The van der Waals surface area contributed by atoms with E-state index in [4.69, 9.17) is 0 Å². The van der Waals surface area contributed by atoms with E-state index < -0.39 is 0 Å². The van der Waals surface area contributed by atoms with Crippen LogP contribution in [0.15, 0.2) is 29.6 Å². The maximum absolute atomic E-state index is 3.60. The second-order valence-electron chi connectivity index (χ2n) is 4.98. The maximum atomic E-state index is 3.60. The zero-order chi connectivity index (χ0) is 13.1. The summed E-state index contributed by atoms with van der Waals surface area (Å²) in [5.74, 6) is 0. The van der Waals surface area contributed by atoms with Gasteiger partial charge in [0.05, 0.1) is 0 Å². The van der Waals surface area contributed by atoms with Gasteiger partial charge in [-0.25, -0.2) is 0 Å². The van der Waals surface area contributed by atoms with Gasteiger partial charge in [-0.15, -0.1) is 11.3 Å². The Morgan fingerprint density at radius 3 is 2.50 bits per heavy atom. The standard InChI is InChI=1S/C16H21NS/c1-11-8-13(3)15(9-12(11)2)10-17-14(4)16-6-5-7-18-16/h5-9,14,17H,10H2,1-4H3/t14-/m1/s1. The van der Waals surface area contributed by atoms with Crippen LogP contribution in [0.1, 0.15) is 40.1 Å². The third kappa shape index (κ3) is 3.01. The Morgan fingerprint density at radius 1 is 1.11 bits per heavy atom. The van der Waals surface area contributed by atoms with Crippen LogP contribution in [0.4, 0.5) is 0 Å². The maximum Gasteiger partial charge on any atom is 0.0388 e. The number of aryl methyl sites for hydroxylation is 3. The van der Waals surface area contributed by atoms with Crippen LogP contribution in [0.2, 0.25) is 0 Å². The zero-order valence-corrected chi connectivity index (χ0v) is 12.4. The average molecular weight is 259 g/mol. The normalized spacial score (nSPS) is 12.7. The van der Waals surface area contributed by atoms with E-state index in [2.05, 4.69) is 62.7 Å². The minimum Gasteiger partial charge on any atom is -0.305 e. The third-order valence-corrected chi connectivity index (χ3v) is 4.58. The molecule has 1 aromatic carbocycles. The fourth-order valence-corrected chi connectivity index (χ4v) is 2.87. The first-order chi connectivity index (χ1) is 8.58. The number of nitrogens with one attached hydrogen (secondary N) is 1. The topological polar surface area (TPSA) is 12.0 Å². The number of thiophene rings is 1. The van der Waals surface area contributed by atoms with Crippen LogP contribution in [0.25, 0.3) is 0 Å². The first kappa shape index (κ1) is 13.3. The highest BCUT2D eigenvalue weighted by Gasteiger charge is 2.07. The molecule has 18 heavy (non-hydrogen) atoms. The summed E-state index contributed by atoms with van der Waals surface area (Å²) in [6.07, 6.45) is 0. The van der Waals surface area contributed by atoms with Gasteiger partial charge < -0.3 is 5.32 Å². The predicted octanol–water partition coefficient (Wildman–Crippen LogP) is 4.52. The van der Waals surface area contributed by atoms with Gasteiger partial charge in [0.1, 0.15) is 0 Å². The van der Waals surface area contributed by atoms with Crippen molar-refractivity contribution in [3.8, 4) is 0 Å². The molecule has 0 aliphatic heterocycles. The minimum absolute atomic E-state index is 0.422. The molecule has 1 N–H and O–H groups in total. The lowest BCUT2D eigenvalue weighted by molar-refractivity contribution is 0.581. The first-order valence-corrected chi connectivity index (χ1v) is 7.29. The molecular weight excluding hydrogens is 238 g/mol. The molecule has 0 saturated heterocycles. The molecule has 0 radical (unpaired) electrons. The molecule has 0 bridgehead atoms. The van der Waals surface area contributed by atoms with Gasteiger partial charge in [-0.1, -0.05) is 18.2 Å². The average Bonchev–Trinajstić information content (AvgIpc) is 2.85. The molecule has 2 rings (SSSR count).